The maximum atomic E-state index is 5.37. The van der Waals surface area contributed by atoms with Crippen LogP contribution in [0.1, 0.15) is 24.0 Å². The van der Waals surface area contributed by atoms with E-state index >= 15 is 0 Å². The zero-order valence-corrected chi connectivity index (χ0v) is 11.8. The van der Waals surface area contributed by atoms with Crippen LogP contribution in [0.2, 0.25) is 0 Å². The second kappa shape index (κ2) is 3.86. The summed E-state index contributed by atoms with van der Waals surface area (Å²) in [6.45, 7) is 2.51. The van der Waals surface area contributed by atoms with Crippen LogP contribution in [0.5, 0.6) is 5.75 Å². The van der Waals surface area contributed by atoms with E-state index in [-0.39, 0.29) is 0 Å². The highest BCUT2D eigenvalue weighted by Crippen LogP contribution is 2.58. The first-order valence-electron chi connectivity index (χ1n) is 7.29. The highest BCUT2D eigenvalue weighted by molar-refractivity contribution is 5.78. The van der Waals surface area contributed by atoms with Gasteiger partial charge in [-0.25, -0.2) is 0 Å². The van der Waals surface area contributed by atoms with Gasteiger partial charge in [0.25, 0.3) is 0 Å². The third kappa shape index (κ3) is 1.47. The number of rotatable bonds is 1. The number of aryl methyl sites for hydroxylation is 1. The van der Waals surface area contributed by atoms with E-state index in [4.69, 9.17) is 4.74 Å². The molecule has 1 heterocycles. The number of likely N-dealkylation sites (tertiary alicyclic amines) is 1. The molecule has 1 aromatic carbocycles. The van der Waals surface area contributed by atoms with E-state index in [9.17, 15) is 0 Å². The van der Waals surface area contributed by atoms with Gasteiger partial charge in [0.15, 0.2) is 0 Å². The average molecular weight is 255 g/mol. The molecule has 0 radical (unpaired) electrons. The van der Waals surface area contributed by atoms with E-state index in [1.165, 1.54) is 43.5 Å². The van der Waals surface area contributed by atoms with Crippen molar-refractivity contribution in [2.75, 3.05) is 27.2 Å². The molecule has 0 unspecified atom stereocenters. The molecule has 0 amide bonds. The van der Waals surface area contributed by atoms with Gasteiger partial charge in [-0.1, -0.05) is 12.1 Å². The molecule has 1 spiro atoms. The molecule has 0 aromatic heterocycles. The molecule has 1 saturated heterocycles. The highest BCUT2D eigenvalue weighted by Gasteiger charge is 2.52. The molecular formula is C17H21NO. The van der Waals surface area contributed by atoms with Crippen molar-refractivity contribution in [2.24, 2.45) is 11.3 Å². The Morgan fingerprint density at radius 2 is 2.26 bits per heavy atom. The van der Waals surface area contributed by atoms with Crippen molar-refractivity contribution in [1.29, 1.82) is 0 Å². The first kappa shape index (κ1) is 11.5. The van der Waals surface area contributed by atoms with Crippen LogP contribution < -0.4 is 4.74 Å². The van der Waals surface area contributed by atoms with Crippen LogP contribution in [-0.4, -0.2) is 32.1 Å². The molecule has 2 heteroatoms. The lowest BCUT2D eigenvalue weighted by molar-refractivity contribution is 0.299. The van der Waals surface area contributed by atoms with Gasteiger partial charge in [0.1, 0.15) is 5.75 Å². The first-order valence-corrected chi connectivity index (χ1v) is 7.29. The number of nitrogens with zero attached hydrogens (tertiary/aromatic N) is 1. The van der Waals surface area contributed by atoms with Gasteiger partial charge in [0, 0.05) is 18.5 Å². The largest absolute Gasteiger partial charge is 0.497 e. The summed E-state index contributed by atoms with van der Waals surface area (Å²) in [6, 6.07) is 6.63. The van der Waals surface area contributed by atoms with Crippen molar-refractivity contribution < 1.29 is 4.74 Å². The number of methoxy groups -OCH3 is 1. The molecule has 2 aliphatic carbocycles. The number of benzene rings is 1. The summed E-state index contributed by atoms with van der Waals surface area (Å²) in [7, 11) is 4.02. The lowest BCUT2D eigenvalue weighted by Crippen LogP contribution is -2.32. The van der Waals surface area contributed by atoms with E-state index < -0.39 is 0 Å². The fourth-order valence-electron chi connectivity index (χ4n) is 4.62. The molecule has 4 rings (SSSR count). The predicted molar refractivity (Wildman–Crippen MR) is 77.3 cm³/mol. The van der Waals surface area contributed by atoms with Gasteiger partial charge in [0.05, 0.1) is 7.11 Å². The van der Waals surface area contributed by atoms with Crippen LogP contribution in [0.3, 0.4) is 0 Å². The Balaban J connectivity index is 1.80. The lowest BCUT2D eigenvalue weighted by atomic mass is 9.66. The van der Waals surface area contributed by atoms with Crippen molar-refractivity contribution in [1.82, 2.24) is 4.90 Å². The molecule has 3 aliphatic rings. The van der Waals surface area contributed by atoms with E-state index in [1.54, 1.807) is 12.7 Å². The highest BCUT2D eigenvalue weighted by atomic mass is 16.5. The van der Waals surface area contributed by atoms with Gasteiger partial charge < -0.3 is 9.64 Å². The standard InChI is InChI=1S/C17H21NO/c1-18-10-13-3-6-16-15-5-4-14(19-2)9-12(15)7-8-17(13,16)11-18/h4-6,9,13H,3,7-8,10-11H2,1-2H3/t13-,17+/m1/s1. The fourth-order valence-corrected chi connectivity index (χ4v) is 4.62. The Morgan fingerprint density at radius 1 is 1.37 bits per heavy atom. The van der Waals surface area contributed by atoms with Crippen LogP contribution in [0.15, 0.2) is 24.3 Å². The minimum atomic E-state index is 0.455. The van der Waals surface area contributed by atoms with E-state index in [1.807, 2.05) is 0 Å². The Labute approximate surface area is 115 Å². The maximum absolute atomic E-state index is 5.37. The van der Waals surface area contributed by atoms with E-state index in [0.29, 0.717) is 5.41 Å². The van der Waals surface area contributed by atoms with Crippen LogP contribution in [0.4, 0.5) is 0 Å². The monoisotopic (exact) mass is 255 g/mol. The van der Waals surface area contributed by atoms with Crippen LogP contribution in [0.25, 0.3) is 5.57 Å². The van der Waals surface area contributed by atoms with Gasteiger partial charge in [-0.2, -0.15) is 0 Å². The van der Waals surface area contributed by atoms with Gasteiger partial charge in [-0.05, 0) is 61.1 Å². The summed E-state index contributed by atoms with van der Waals surface area (Å²) in [5, 5.41) is 0. The van der Waals surface area contributed by atoms with Crippen LogP contribution in [0, 0.1) is 11.3 Å². The molecule has 0 bridgehead atoms. The first-order chi connectivity index (χ1) is 9.23. The number of hydrogen-bond donors (Lipinski definition) is 0. The predicted octanol–water partition coefficient (Wildman–Crippen LogP) is 2.98. The van der Waals surface area contributed by atoms with Gasteiger partial charge >= 0.3 is 0 Å². The average Bonchev–Trinajstić information content (AvgIpc) is 2.91. The van der Waals surface area contributed by atoms with Crippen molar-refractivity contribution in [3.05, 3.63) is 35.4 Å². The number of hydrogen-bond acceptors (Lipinski definition) is 2. The minimum absolute atomic E-state index is 0.455. The smallest absolute Gasteiger partial charge is 0.119 e. The summed E-state index contributed by atoms with van der Waals surface area (Å²) >= 11 is 0. The van der Waals surface area contributed by atoms with Gasteiger partial charge in [0.2, 0.25) is 0 Å². The molecule has 2 nitrogen and oxygen atoms in total. The zero-order valence-electron chi connectivity index (χ0n) is 11.8. The fraction of sp³-hybridized carbons (Fsp3) is 0.529. The zero-order chi connectivity index (χ0) is 13.0. The van der Waals surface area contributed by atoms with E-state index in [0.717, 1.165) is 11.7 Å². The van der Waals surface area contributed by atoms with Crippen molar-refractivity contribution >= 4 is 5.57 Å². The molecule has 100 valence electrons. The van der Waals surface area contributed by atoms with Gasteiger partial charge in [-0.15, -0.1) is 0 Å². The topological polar surface area (TPSA) is 12.5 Å². The molecule has 19 heavy (non-hydrogen) atoms. The van der Waals surface area contributed by atoms with E-state index in [2.05, 4.69) is 36.2 Å². The summed E-state index contributed by atoms with van der Waals surface area (Å²) in [5.74, 6) is 1.84. The third-order valence-corrected chi connectivity index (χ3v) is 5.45. The lowest BCUT2D eigenvalue weighted by Gasteiger charge is -2.38. The van der Waals surface area contributed by atoms with Crippen LogP contribution >= 0.6 is 0 Å². The van der Waals surface area contributed by atoms with Crippen molar-refractivity contribution in [2.45, 2.75) is 19.3 Å². The Morgan fingerprint density at radius 3 is 3.11 bits per heavy atom. The SMILES string of the molecule is COc1ccc2c(c1)CC[C@]13CN(C)C[C@H]1CC=C23. The Hall–Kier alpha value is -1.28. The summed E-state index contributed by atoms with van der Waals surface area (Å²) in [5.41, 5.74) is 5.05. The van der Waals surface area contributed by atoms with Crippen molar-refractivity contribution in [3.8, 4) is 5.75 Å². The Bertz CT molecular complexity index is 562. The molecule has 2 atom stereocenters. The Kier molecular flexibility index (Phi) is 2.34. The maximum Gasteiger partial charge on any atom is 0.119 e. The number of ether oxygens (including phenoxy) is 1. The van der Waals surface area contributed by atoms with Gasteiger partial charge in [-0.3, -0.25) is 0 Å². The summed E-state index contributed by atoms with van der Waals surface area (Å²) in [4.78, 5) is 2.52. The quantitative estimate of drug-likeness (QED) is 0.765. The van der Waals surface area contributed by atoms with Crippen molar-refractivity contribution in [3.63, 3.8) is 0 Å². The summed E-state index contributed by atoms with van der Waals surface area (Å²) in [6.07, 6.45) is 6.30. The molecule has 1 aromatic rings. The number of fused-ring (bicyclic) bond motifs is 2. The van der Waals surface area contributed by atoms with Crippen LogP contribution in [-0.2, 0) is 6.42 Å². The molecule has 0 N–H and O–H groups in total. The second-order valence-corrected chi connectivity index (χ2v) is 6.43. The molecular weight excluding hydrogens is 234 g/mol. The molecule has 0 saturated carbocycles. The minimum Gasteiger partial charge on any atom is -0.497 e. The summed E-state index contributed by atoms with van der Waals surface area (Å²) < 4.78 is 5.37. The molecule has 1 fully saturated rings. The molecule has 1 aliphatic heterocycles. The third-order valence-electron chi connectivity index (χ3n) is 5.45. The normalized spacial score (nSPS) is 32.5. The number of allylic oxidation sites excluding steroid dienone is 1. The second-order valence-electron chi connectivity index (χ2n) is 6.43.